The lowest BCUT2D eigenvalue weighted by atomic mass is 10.2. The van der Waals surface area contributed by atoms with Crippen molar-refractivity contribution in [3.05, 3.63) is 76.7 Å². The Morgan fingerprint density at radius 1 is 1.11 bits per heavy atom. The van der Waals surface area contributed by atoms with E-state index in [4.69, 9.17) is 9.47 Å². The molecule has 0 N–H and O–H groups in total. The molecule has 0 aliphatic carbocycles. The van der Waals surface area contributed by atoms with E-state index in [1.54, 1.807) is 63.7 Å². The first-order valence-corrected chi connectivity index (χ1v) is 11.3. The van der Waals surface area contributed by atoms with E-state index in [9.17, 15) is 14.0 Å². The number of amides is 1. The van der Waals surface area contributed by atoms with Crippen molar-refractivity contribution in [2.24, 2.45) is 0 Å². The molecule has 0 radical (unpaired) electrons. The van der Waals surface area contributed by atoms with Gasteiger partial charge in [-0.3, -0.25) is 18.9 Å². The Kier molecular flexibility index (Phi) is 5.76. The second kappa shape index (κ2) is 8.90. The fraction of sp³-hybridized carbons (Fsp3) is 0.269. The van der Waals surface area contributed by atoms with Crippen LogP contribution in [0.1, 0.15) is 24.9 Å². The molecule has 1 fully saturated rings. The van der Waals surface area contributed by atoms with Crippen LogP contribution in [-0.2, 0) is 4.79 Å². The van der Waals surface area contributed by atoms with Crippen molar-refractivity contribution in [3.8, 4) is 22.9 Å². The predicted molar refractivity (Wildman–Crippen MR) is 129 cm³/mol. The van der Waals surface area contributed by atoms with E-state index in [2.05, 4.69) is 4.98 Å². The number of carbonyl (C=O) groups is 1. The summed E-state index contributed by atoms with van der Waals surface area (Å²) in [4.78, 5) is 31.6. The fourth-order valence-corrected chi connectivity index (χ4v) is 4.67. The summed E-state index contributed by atoms with van der Waals surface area (Å²) >= 11 is 0. The average molecular weight is 477 g/mol. The number of hydrogen-bond donors (Lipinski definition) is 0. The van der Waals surface area contributed by atoms with Gasteiger partial charge in [0.1, 0.15) is 5.75 Å². The highest BCUT2D eigenvalue weighted by atomic mass is 19.1. The number of imidazole rings is 1. The SMILES string of the molecule is COc1cccc(Oc2ccc(-n3c(=O)n([C@@H]4CCN(C(C)=O)C4)c4c(C)cncc43)cc2)c1F. The zero-order chi connectivity index (χ0) is 24.7. The topological polar surface area (TPSA) is 78.6 Å². The molecule has 1 aliphatic rings. The van der Waals surface area contributed by atoms with Crippen LogP contribution in [0.4, 0.5) is 4.39 Å². The number of benzene rings is 2. The molecule has 1 amide bonds. The van der Waals surface area contributed by atoms with Crippen molar-refractivity contribution in [2.45, 2.75) is 26.3 Å². The first kappa shape index (κ1) is 22.6. The molecule has 2 aromatic carbocycles. The molecule has 4 aromatic rings. The molecule has 180 valence electrons. The molecule has 0 saturated carbocycles. The van der Waals surface area contributed by atoms with Gasteiger partial charge >= 0.3 is 5.69 Å². The molecule has 5 rings (SSSR count). The zero-order valence-corrected chi connectivity index (χ0v) is 19.7. The number of likely N-dealkylation sites (tertiary alicyclic amines) is 1. The number of aryl methyl sites for hydroxylation is 1. The molecule has 8 nitrogen and oxygen atoms in total. The van der Waals surface area contributed by atoms with Crippen LogP contribution in [0, 0.1) is 12.7 Å². The van der Waals surface area contributed by atoms with Gasteiger partial charge in [-0.05, 0) is 55.3 Å². The molecular weight excluding hydrogens is 451 g/mol. The number of aromatic nitrogens is 3. The Labute approximate surface area is 201 Å². The standard InChI is InChI=1S/C26H25FN4O4/c1-16-13-28-14-21-25(16)31(19-11-12-29(15-19)17(2)32)26(33)30(21)18-7-9-20(10-8-18)35-23-6-4-5-22(34-3)24(23)27/h4-10,13-14,19H,11-12,15H2,1-3H3/t19-/m1/s1. The molecule has 1 aliphatic heterocycles. The van der Waals surface area contributed by atoms with Crippen molar-refractivity contribution in [1.29, 1.82) is 0 Å². The minimum absolute atomic E-state index is 0.00531. The van der Waals surface area contributed by atoms with Gasteiger partial charge in [0.2, 0.25) is 11.7 Å². The number of nitrogens with zero attached hydrogens (tertiary/aromatic N) is 4. The Bertz CT molecular complexity index is 1480. The van der Waals surface area contributed by atoms with E-state index < -0.39 is 5.82 Å². The summed E-state index contributed by atoms with van der Waals surface area (Å²) in [6, 6.07) is 11.4. The first-order chi connectivity index (χ1) is 16.9. The Morgan fingerprint density at radius 3 is 2.54 bits per heavy atom. The van der Waals surface area contributed by atoms with Crippen LogP contribution in [0.2, 0.25) is 0 Å². The number of ether oxygens (including phenoxy) is 2. The molecule has 0 unspecified atom stereocenters. The number of hydrogen-bond acceptors (Lipinski definition) is 5. The normalized spacial score (nSPS) is 15.5. The lowest BCUT2D eigenvalue weighted by Crippen LogP contribution is -2.30. The number of carbonyl (C=O) groups excluding carboxylic acids is 1. The first-order valence-electron chi connectivity index (χ1n) is 11.3. The number of halogens is 1. The van der Waals surface area contributed by atoms with Gasteiger partial charge in [-0.2, -0.15) is 4.39 Å². The van der Waals surface area contributed by atoms with E-state index in [0.717, 1.165) is 11.1 Å². The summed E-state index contributed by atoms with van der Waals surface area (Å²) in [7, 11) is 1.39. The lowest BCUT2D eigenvalue weighted by molar-refractivity contribution is -0.127. The molecule has 2 aromatic heterocycles. The van der Waals surface area contributed by atoms with Crippen molar-refractivity contribution >= 4 is 16.9 Å². The summed E-state index contributed by atoms with van der Waals surface area (Å²) < 4.78 is 28.6. The van der Waals surface area contributed by atoms with E-state index >= 15 is 0 Å². The molecule has 3 heterocycles. The minimum atomic E-state index is -0.587. The monoisotopic (exact) mass is 476 g/mol. The van der Waals surface area contributed by atoms with Crippen LogP contribution in [0.25, 0.3) is 16.7 Å². The van der Waals surface area contributed by atoms with Gasteiger partial charge < -0.3 is 14.4 Å². The van der Waals surface area contributed by atoms with Gasteiger partial charge in [0.15, 0.2) is 11.5 Å². The summed E-state index contributed by atoms with van der Waals surface area (Å²) in [5.74, 6) is -0.0275. The van der Waals surface area contributed by atoms with E-state index in [1.807, 2.05) is 6.92 Å². The van der Waals surface area contributed by atoms with E-state index in [1.165, 1.54) is 19.2 Å². The highest BCUT2D eigenvalue weighted by molar-refractivity contribution is 5.80. The number of fused-ring (bicyclic) bond motifs is 1. The van der Waals surface area contributed by atoms with Crippen molar-refractivity contribution < 1.29 is 18.7 Å². The number of methoxy groups -OCH3 is 1. The molecular formula is C26H25FN4O4. The largest absolute Gasteiger partial charge is 0.494 e. The average Bonchev–Trinajstić information content (AvgIpc) is 3.44. The van der Waals surface area contributed by atoms with Crippen LogP contribution in [0.15, 0.2) is 59.7 Å². The molecule has 1 atom stereocenters. The maximum absolute atomic E-state index is 14.5. The van der Waals surface area contributed by atoms with Crippen LogP contribution in [0.3, 0.4) is 0 Å². The van der Waals surface area contributed by atoms with Crippen LogP contribution in [-0.4, -0.2) is 45.1 Å². The minimum Gasteiger partial charge on any atom is -0.494 e. The summed E-state index contributed by atoms with van der Waals surface area (Å²) in [6.45, 7) is 4.59. The zero-order valence-electron chi connectivity index (χ0n) is 19.7. The van der Waals surface area contributed by atoms with Crippen LogP contribution in [0.5, 0.6) is 17.2 Å². The second-order valence-electron chi connectivity index (χ2n) is 8.59. The third-order valence-corrected chi connectivity index (χ3v) is 6.40. The third kappa shape index (κ3) is 3.92. The van der Waals surface area contributed by atoms with Crippen molar-refractivity contribution in [3.63, 3.8) is 0 Å². The van der Waals surface area contributed by atoms with Gasteiger partial charge in [-0.25, -0.2) is 4.79 Å². The Morgan fingerprint density at radius 2 is 1.86 bits per heavy atom. The molecule has 0 spiro atoms. The Balaban J connectivity index is 1.53. The van der Waals surface area contributed by atoms with Gasteiger partial charge in [-0.1, -0.05) is 6.07 Å². The molecule has 35 heavy (non-hydrogen) atoms. The fourth-order valence-electron chi connectivity index (χ4n) is 4.67. The van der Waals surface area contributed by atoms with Crippen molar-refractivity contribution in [1.82, 2.24) is 19.0 Å². The third-order valence-electron chi connectivity index (χ3n) is 6.40. The maximum Gasteiger partial charge on any atom is 0.334 e. The second-order valence-corrected chi connectivity index (χ2v) is 8.59. The lowest BCUT2D eigenvalue weighted by Gasteiger charge is -2.15. The van der Waals surface area contributed by atoms with Gasteiger partial charge in [0.05, 0.1) is 36.1 Å². The summed E-state index contributed by atoms with van der Waals surface area (Å²) in [5.41, 5.74) is 2.81. The van der Waals surface area contributed by atoms with Gasteiger partial charge in [0, 0.05) is 26.2 Å². The van der Waals surface area contributed by atoms with Gasteiger partial charge in [-0.15, -0.1) is 0 Å². The quantitative estimate of drug-likeness (QED) is 0.431. The molecule has 1 saturated heterocycles. The molecule has 0 bridgehead atoms. The van der Waals surface area contributed by atoms with Crippen LogP contribution < -0.4 is 15.2 Å². The summed E-state index contributed by atoms with van der Waals surface area (Å²) in [5, 5.41) is 0. The van der Waals surface area contributed by atoms with Crippen molar-refractivity contribution in [2.75, 3.05) is 20.2 Å². The number of rotatable bonds is 5. The van der Waals surface area contributed by atoms with E-state index in [-0.39, 0.29) is 29.1 Å². The smallest absolute Gasteiger partial charge is 0.334 e. The maximum atomic E-state index is 14.5. The highest BCUT2D eigenvalue weighted by Gasteiger charge is 2.30. The van der Waals surface area contributed by atoms with E-state index in [0.29, 0.717) is 36.5 Å². The molecule has 9 heteroatoms. The highest BCUT2D eigenvalue weighted by Crippen LogP contribution is 2.31. The predicted octanol–water partition coefficient (Wildman–Crippen LogP) is 4.23. The number of pyridine rings is 1. The summed E-state index contributed by atoms with van der Waals surface area (Å²) in [6.07, 6.45) is 4.12. The Hall–Kier alpha value is -4.14. The van der Waals surface area contributed by atoms with Crippen LogP contribution >= 0.6 is 0 Å². The van der Waals surface area contributed by atoms with Gasteiger partial charge in [0.25, 0.3) is 0 Å².